The average molecular weight is 1040 g/mol. The van der Waals surface area contributed by atoms with E-state index in [-0.39, 0.29) is 64.1 Å². The maximum Gasteiger partial charge on any atom is 0.338 e. The van der Waals surface area contributed by atoms with E-state index in [2.05, 4.69) is 45.2 Å². The van der Waals surface area contributed by atoms with Gasteiger partial charge in [-0.1, -0.05) is 145 Å². The van der Waals surface area contributed by atoms with Gasteiger partial charge in [-0.2, -0.15) is 0 Å². The molecular formula is C54H94B2O12Si3. The van der Waals surface area contributed by atoms with Gasteiger partial charge in [-0.05, 0) is 109 Å². The van der Waals surface area contributed by atoms with E-state index >= 15 is 0 Å². The van der Waals surface area contributed by atoms with Crippen LogP contribution in [0.15, 0.2) is 91.1 Å². The Hall–Kier alpha value is -4.29. The normalized spacial score (nSPS) is 13.5. The van der Waals surface area contributed by atoms with Crippen LogP contribution in [0.5, 0.6) is 5.75 Å². The summed E-state index contributed by atoms with van der Waals surface area (Å²) in [6.07, 6.45) is 9.93. The van der Waals surface area contributed by atoms with E-state index in [4.69, 9.17) is 42.1 Å². The first-order valence-electron chi connectivity index (χ1n) is 23.6. The summed E-state index contributed by atoms with van der Waals surface area (Å²) in [6.45, 7) is 34.5. The summed E-state index contributed by atoms with van der Waals surface area (Å²) in [5.41, 5.74) is 2.98. The second kappa shape index (κ2) is 41.2. The number of ether oxygens (including phenoxy) is 5. The van der Waals surface area contributed by atoms with E-state index in [1.165, 1.54) is 7.11 Å². The van der Waals surface area contributed by atoms with Crippen molar-refractivity contribution in [1.82, 2.24) is 0 Å². The molecule has 1 aliphatic rings. The van der Waals surface area contributed by atoms with Gasteiger partial charge in [-0.15, -0.1) is 0 Å². The molecule has 4 radical (unpaired) electrons. The molecule has 0 aromatic heterocycles. The minimum atomic E-state index is -2.10. The van der Waals surface area contributed by atoms with Crippen LogP contribution in [-0.4, -0.2) is 96.1 Å². The molecule has 1 saturated carbocycles. The summed E-state index contributed by atoms with van der Waals surface area (Å²) in [6, 6.07) is 16.7. The Labute approximate surface area is 437 Å². The minimum Gasteiger partial charge on any atom is -0.466 e. The van der Waals surface area contributed by atoms with Gasteiger partial charge in [0.05, 0.1) is 46.7 Å². The highest BCUT2D eigenvalue weighted by Gasteiger charge is 2.35. The highest BCUT2D eigenvalue weighted by atomic mass is 28.5. The summed E-state index contributed by atoms with van der Waals surface area (Å²) < 4.78 is 36.7. The van der Waals surface area contributed by atoms with Gasteiger partial charge in [0.15, 0.2) is 0 Å². The molecule has 0 heterocycles. The molecular weight excluding hydrogens is 946 g/mol. The quantitative estimate of drug-likeness (QED) is 0.0310. The predicted molar refractivity (Wildman–Crippen MR) is 303 cm³/mol. The lowest BCUT2D eigenvalue weighted by molar-refractivity contribution is -0.153. The zero-order valence-corrected chi connectivity index (χ0v) is 46.7. The lowest BCUT2D eigenvalue weighted by Gasteiger charge is -2.36. The third-order valence-electron chi connectivity index (χ3n) is 8.99. The highest BCUT2D eigenvalue weighted by Crippen LogP contribution is 2.28. The number of para-hydroxylation sites is 1. The molecule has 12 nitrogen and oxygen atoms in total. The van der Waals surface area contributed by atoms with Crippen molar-refractivity contribution < 1.29 is 55.9 Å². The first-order valence-corrected chi connectivity index (χ1v) is 32.3. The topological polar surface area (TPSA) is 150 Å². The van der Waals surface area contributed by atoms with E-state index < -0.39 is 24.9 Å². The maximum atomic E-state index is 11.8. The standard InChI is InChI=1S/C15H24O4.C14H18O2.C11H14O2.C6H18B2O2Si3.C5H8O2.3CH4/c1-4-5-10-18-15(17)12-6-8-13(9-7-12)19-14(16)11(2)3;1-4-5-8-12-9-6-7-10-13(12)16-14(15)11(2)3;1-2-3-9-13-11(12)10-7-5-4-6-8-10;1-11(2,7)9-13(5,6)10-12(3,4)8;1-4(2)5(6)7-3;;;/h12-13H,2,4-10H2,1,3H3;6-7,9-10H,2,4-5,8H2,1,3H3;4-8H,2-3,9H2,1H3;1-6H3;1H2,2-3H3;3*1H4. The Morgan fingerprint density at radius 1 is 0.606 bits per heavy atom. The van der Waals surface area contributed by atoms with E-state index in [1.54, 1.807) is 32.9 Å². The Morgan fingerprint density at radius 3 is 1.45 bits per heavy atom. The monoisotopic (exact) mass is 1040 g/mol. The smallest absolute Gasteiger partial charge is 0.338 e. The Balaban J connectivity index is -0.000000260. The van der Waals surface area contributed by atoms with Crippen LogP contribution in [-0.2, 0) is 52.8 Å². The fraction of sp³-hybridized carbons (Fsp3) is 0.574. The van der Waals surface area contributed by atoms with E-state index in [9.17, 15) is 24.0 Å². The van der Waals surface area contributed by atoms with Crippen molar-refractivity contribution in [2.24, 2.45) is 5.92 Å². The maximum absolute atomic E-state index is 11.8. The fourth-order valence-electron chi connectivity index (χ4n) is 5.90. The van der Waals surface area contributed by atoms with Crippen LogP contribution < -0.4 is 4.74 Å². The summed E-state index contributed by atoms with van der Waals surface area (Å²) in [7, 11) is 7.02. The van der Waals surface area contributed by atoms with Crippen LogP contribution >= 0.6 is 0 Å². The molecule has 1 fully saturated rings. The molecule has 0 spiro atoms. The second-order valence-electron chi connectivity index (χ2n) is 18.0. The van der Waals surface area contributed by atoms with Gasteiger partial charge in [0.25, 0.3) is 0 Å². The number of esters is 5. The Kier molecular flexibility index (Phi) is 43.9. The van der Waals surface area contributed by atoms with Gasteiger partial charge in [-0.25, -0.2) is 19.2 Å². The molecule has 0 aliphatic heterocycles. The molecule has 2 aromatic rings. The van der Waals surface area contributed by atoms with Crippen molar-refractivity contribution >= 4 is 69.7 Å². The van der Waals surface area contributed by atoms with Gasteiger partial charge in [0, 0.05) is 16.7 Å². The largest absolute Gasteiger partial charge is 0.466 e. The first kappa shape index (κ1) is 75.6. The molecule has 1 aliphatic carbocycles. The van der Waals surface area contributed by atoms with Gasteiger partial charge < -0.3 is 31.9 Å². The van der Waals surface area contributed by atoms with Gasteiger partial charge in [0.2, 0.25) is 0 Å². The zero-order chi connectivity index (χ0) is 52.5. The van der Waals surface area contributed by atoms with E-state index in [0.29, 0.717) is 41.2 Å². The molecule has 3 rings (SSSR count). The summed E-state index contributed by atoms with van der Waals surface area (Å²) in [5.74, 6) is -0.745. The van der Waals surface area contributed by atoms with Crippen molar-refractivity contribution in [3.63, 3.8) is 0 Å². The Bertz CT molecular complexity index is 1820. The van der Waals surface area contributed by atoms with E-state index in [1.807, 2.05) is 81.7 Å². The molecule has 0 N–H and O–H groups in total. The van der Waals surface area contributed by atoms with E-state index in [0.717, 1.165) is 76.2 Å². The van der Waals surface area contributed by atoms with Crippen LogP contribution in [0.3, 0.4) is 0 Å². The average Bonchev–Trinajstić information content (AvgIpc) is 3.25. The zero-order valence-electron chi connectivity index (χ0n) is 43.7. The molecule has 71 heavy (non-hydrogen) atoms. The van der Waals surface area contributed by atoms with Crippen LogP contribution in [0.25, 0.3) is 0 Å². The van der Waals surface area contributed by atoms with Gasteiger partial charge in [-0.3, -0.25) is 4.79 Å². The number of carbonyl (C=O) groups excluding carboxylic acids is 5. The minimum absolute atomic E-state index is 0. The van der Waals surface area contributed by atoms with Crippen LogP contribution in [0, 0.1) is 5.92 Å². The van der Waals surface area contributed by atoms with Gasteiger partial charge >= 0.3 is 38.4 Å². The third-order valence-corrected chi connectivity index (χ3v) is 17.1. The molecule has 0 bridgehead atoms. The van der Waals surface area contributed by atoms with Crippen LogP contribution in [0.1, 0.15) is 144 Å². The number of rotatable bonds is 20. The molecule has 17 heteroatoms. The molecule has 0 atom stereocenters. The fourth-order valence-corrected chi connectivity index (χ4v) is 16.6. The van der Waals surface area contributed by atoms with Crippen LogP contribution in [0.4, 0.5) is 0 Å². The second-order valence-corrected chi connectivity index (χ2v) is 28.8. The highest BCUT2D eigenvalue weighted by molar-refractivity contribution is 7.17. The van der Waals surface area contributed by atoms with Crippen molar-refractivity contribution in [3.05, 3.63) is 102 Å². The number of benzene rings is 2. The lowest BCUT2D eigenvalue weighted by atomic mass is 9.87. The van der Waals surface area contributed by atoms with Crippen molar-refractivity contribution in [2.75, 3.05) is 20.3 Å². The molecule has 0 amide bonds. The Morgan fingerprint density at radius 2 is 1.04 bits per heavy atom. The van der Waals surface area contributed by atoms with Crippen molar-refractivity contribution in [3.8, 4) is 5.75 Å². The summed E-state index contributed by atoms with van der Waals surface area (Å²) in [5, 5.41) is 0. The number of carbonyl (C=O) groups is 5. The van der Waals surface area contributed by atoms with Crippen LogP contribution in [0.2, 0.25) is 39.3 Å². The van der Waals surface area contributed by atoms with Crippen molar-refractivity contribution in [2.45, 2.75) is 180 Å². The number of hydrogen-bond donors (Lipinski definition) is 0. The van der Waals surface area contributed by atoms with Gasteiger partial charge in [0.1, 0.15) is 28.2 Å². The number of aryl methyl sites for hydroxylation is 1. The van der Waals surface area contributed by atoms with Crippen molar-refractivity contribution in [1.29, 1.82) is 0 Å². The molecule has 400 valence electrons. The molecule has 0 saturated heterocycles. The molecule has 0 unspecified atom stereocenters. The summed E-state index contributed by atoms with van der Waals surface area (Å²) in [4.78, 5) is 56.1. The number of hydrogen-bond acceptors (Lipinski definition) is 12. The number of methoxy groups -OCH3 is 1. The first-order chi connectivity index (χ1) is 31.6. The third kappa shape index (κ3) is 40.9. The number of unbranched alkanes of at least 4 members (excludes halogenated alkanes) is 3. The summed E-state index contributed by atoms with van der Waals surface area (Å²) >= 11 is 0. The predicted octanol–water partition coefficient (Wildman–Crippen LogP) is 13.3. The lowest BCUT2D eigenvalue weighted by Crippen LogP contribution is -2.53. The molecule has 2 aromatic carbocycles. The SMILES string of the molecule is C.C.C.C=C(C)C(=O)OC.C=C(C)C(=O)OC1CCC(C(=O)OCCCC)CC1.C=C(C)C(=O)Oc1ccccc1CCCC.CCCCOC(=O)c1ccccc1.[B][Si](C)(C)O[Si](C)(C)O[Si]([B])(C)C.